The van der Waals surface area contributed by atoms with E-state index in [0.717, 1.165) is 0 Å². The summed E-state index contributed by atoms with van der Waals surface area (Å²) in [6.45, 7) is 0.428. The van der Waals surface area contributed by atoms with Crippen molar-refractivity contribution in [3.8, 4) is 0 Å². The van der Waals surface area contributed by atoms with E-state index in [2.05, 4.69) is 10.6 Å². The van der Waals surface area contributed by atoms with E-state index in [9.17, 15) is 14.4 Å². The lowest BCUT2D eigenvalue weighted by Gasteiger charge is -2.07. The maximum absolute atomic E-state index is 11.0. The van der Waals surface area contributed by atoms with Crippen LogP contribution in [0.4, 0.5) is 0 Å². The molecule has 3 N–H and O–H groups in total. The molecule has 0 saturated carbocycles. The second-order valence-corrected chi connectivity index (χ2v) is 3.12. The van der Waals surface area contributed by atoms with Crippen molar-refractivity contribution in [2.75, 3.05) is 6.54 Å². The number of aliphatic carboxylic acids is 1. The Morgan fingerprint density at radius 3 is 2.79 bits per heavy atom. The average Bonchev–Trinajstić information content (AvgIpc) is 2.39. The minimum atomic E-state index is -0.862. The Morgan fingerprint density at radius 2 is 2.29 bits per heavy atom. The number of carbonyl (C=O) groups is 3. The van der Waals surface area contributed by atoms with Gasteiger partial charge in [0.15, 0.2) is 0 Å². The van der Waals surface area contributed by atoms with Gasteiger partial charge in [-0.05, 0) is 13.0 Å². The summed E-state index contributed by atoms with van der Waals surface area (Å²) in [7, 11) is 0. The van der Waals surface area contributed by atoms with Crippen LogP contribution in [-0.2, 0) is 14.4 Å². The summed E-state index contributed by atoms with van der Waals surface area (Å²) in [6, 6.07) is -0.490. The first kappa shape index (κ1) is 10.6. The number of nitrogens with one attached hydrogen (secondary N) is 2. The number of imide groups is 1. The Balaban J connectivity index is 2.16. The molecule has 2 amide bonds. The van der Waals surface area contributed by atoms with Crippen LogP contribution < -0.4 is 10.6 Å². The molecule has 6 heteroatoms. The van der Waals surface area contributed by atoms with Crippen molar-refractivity contribution >= 4 is 17.8 Å². The number of carboxylic acid groups (broad SMARTS) is 1. The van der Waals surface area contributed by atoms with Gasteiger partial charge < -0.3 is 10.4 Å². The lowest BCUT2D eigenvalue weighted by Crippen LogP contribution is -2.36. The standard InChI is InChI=1S/C8H12N2O4/c11-6-4-5(8(14)10-6)9-3-1-2-7(12)13/h5,9H,1-4H2,(H,12,13)(H,10,11,14). The van der Waals surface area contributed by atoms with E-state index in [-0.39, 0.29) is 24.7 Å². The van der Waals surface area contributed by atoms with E-state index in [1.165, 1.54) is 0 Å². The molecule has 1 aliphatic rings. The van der Waals surface area contributed by atoms with Gasteiger partial charge in [-0.25, -0.2) is 0 Å². The maximum Gasteiger partial charge on any atom is 0.303 e. The first-order chi connectivity index (χ1) is 6.59. The van der Waals surface area contributed by atoms with Gasteiger partial charge in [-0.15, -0.1) is 0 Å². The number of hydrogen-bond acceptors (Lipinski definition) is 4. The highest BCUT2D eigenvalue weighted by Gasteiger charge is 2.29. The summed E-state index contributed by atoms with van der Waals surface area (Å²) in [5, 5.41) is 13.3. The molecule has 0 aromatic carbocycles. The largest absolute Gasteiger partial charge is 0.481 e. The number of carboxylic acids is 1. The third-order valence-corrected chi connectivity index (χ3v) is 1.93. The minimum absolute atomic E-state index is 0.0648. The van der Waals surface area contributed by atoms with Crippen LogP contribution in [0.5, 0.6) is 0 Å². The van der Waals surface area contributed by atoms with Crippen LogP contribution in [0.25, 0.3) is 0 Å². The molecule has 6 nitrogen and oxygen atoms in total. The molecule has 14 heavy (non-hydrogen) atoms. The zero-order valence-electron chi connectivity index (χ0n) is 7.58. The van der Waals surface area contributed by atoms with Crippen molar-refractivity contribution in [1.82, 2.24) is 10.6 Å². The fraction of sp³-hybridized carbons (Fsp3) is 0.625. The number of amides is 2. The minimum Gasteiger partial charge on any atom is -0.481 e. The Bertz CT molecular complexity index is 264. The van der Waals surface area contributed by atoms with E-state index in [0.29, 0.717) is 13.0 Å². The highest BCUT2D eigenvalue weighted by Crippen LogP contribution is 2.01. The van der Waals surface area contributed by atoms with Crippen LogP contribution in [0.2, 0.25) is 0 Å². The summed E-state index contributed by atoms with van der Waals surface area (Å²) in [6.07, 6.45) is 0.661. The van der Waals surface area contributed by atoms with Gasteiger partial charge in [0.05, 0.1) is 12.5 Å². The Labute approximate surface area is 80.7 Å². The molecular formula is C8H12N2O4. The fourth-order valence-electron chi connectivity index (χ4n) is 1.23. The van der Waals surface area contributed by atoms with E-state index in [1.54, 1.807) is 0 Å². The van der Waals surface area contributed by atoms with Gasteiger partial charge in [-0.2, -0.15) is 0 Å². The second-order valence-electron chi connectivity index (χ2n) is 3.12. The van der Waals surface area contributed by atoms with Gasteiger partial charge in [0.25, 0.3) is 0 Å². The molecule has 1 atom stereocenters. The Morgan fingerprint density at radius 1 is 1.57 bits per heavy atom. The molecule has 0 aromatic rings. The quantitative estimate of drug-likeness (QED) is 0.385. The molecule has 0 radical (unpaired) electrons. The zero-order chi connectivity index (χ0) is 10.6. The molecule has 1 heterocycles. The molecule has 0 bridgehead atoms. The molecule has 1 rings (SSSR count). The highest BCUT2D eigenvalue weighted by molar-refractivity contribution is 6.05. The monoisotopic (exact) mass is 200 g/mol. The van der Waals surface area contributed by atoms with Crippen molar-refractivity contribution in [2.24, 2.45) is 0 Å². The summed E-state index contributed by atoms with van der Waals surface area (Å²) >= 11 is 0. The van der Waals surface area contributed by atoms with E-state index in [1.807, 2.05) is 0 Å². The van der Waals surface area contributed by atoms with Crippen LogP contribution in [0, 0.1) is 0 Å². The van der Waals surface area contributed by atoms with E-state index < -0.39 is 12.0 Å². The van der Waals surface area contributed by atoms with Gasteiger partial charge in [0.2, 0.25) is 11.8 Å². The van der Waals surface area contributed by atoms with Crippen molar-refractivity contribution in [2.45, 2.75) is 25.3 Å². The molecule has 1 saturated heterocycles. The van der Waals surface area contributed by atoms with Gasteiger partial charge in [0, 0.05) is 6.42 Å². The van der Waals surface area contributed by atoms with Crippen LogP contribution in [0.15, 0.2) is 0 Å². The highest BCUT2D eigenvalue weighted by atomic mass is 16.4. The van der Waals surface area contributed by atoms with Gasteiger partial charge in [0.1, 0.15) is 0 Å². The predicted molar refractivity (Wildman–Crippen MR) is 46.4 cm³/mol. The number of carbonyl (C=O) groups excluding carboxylic acids is 2. The summed E-state index contributed by atoms with van der Waals surface area (Å²) in [4.78, 5) is 31.9. The predicted octanol–water partition coefficient (Wildman–Crippen LogP) is -1.14. The number of rotatable bonds is 5. The van der Waals surface area contributed by atoms with Crippen molar-refractivity contribution in [1.29, 1.82) is 0 Å². The summed E-state index contributed by atoms with van der Waals surface area (Å²) in [5.41, 5.74) is 0. The Hall–Kier alpha value is -1.43. The SMILES string of the molecule is O=C(O)CCCNC1CC(=O)NC1=O. The molecular weight excluding hydrogens is 188 g/mol. The van der Waals surface area contributed by atoms with Crippen molar-refractivity contribution in [3.63, 3.8) is 0 Å². The third-order valence-electron chi connectivity index (χ3n) is 1.93. The van der Waals surface area contributed by atoms with Gasteiger partial charge in [-0.1, -0.05) is 0 Å². The topological polar surface area (TPSA) is 95.5 Å². The van der Waals surface area contributed by atoms with Crippen LogP contribution >= 0.6 is 0 Å². The van der Waals surface area contributed by atoms with Crippen LogP contribution in [0.3, 0.4) is 0 Å². The lowest BCUT2D eigenvalue weighted by molar-refractivity contribution is -0.137. The molecule has 0 spiro atoms. The lowest BCUT2D eigenvalue weighted by atomic mass is 10.2. The van der Waals surface area contributed by atoms with E-state index >= 15 is 0 Å². The number of hydrogen-bond donors (Lipinski definition) is 3. The van der Waals surface area contributed by atoms with Crippen molar-refractivity contribution < 1.29 is 19.5 Å². The molecule has 1 fully saturated rings. The first-order valence-corrected chi connectivity index (χ1v) is 4.38. The normalized spacial score (nSPS) is 21.0. The van der Waals surface area contributed by atoms with Gasteiger partial charge >= 0.3 is 5.97 Å². The van der Waals surface area contributed by atoms with E-state index in [4.69, 9.17) is 5.11 Å². The molecule has 0 aliphatic carbocycles. The molecule has 78 valence electrons. The smallest absolute Gasteiger partial charge is 0.303 e. The average molecular weight is 200 g/mol. The third kappa shape index (κ3) is 3.14. The van der Waals surface area contributed by atoms with Crippen LogP contribution in [0.1, 0.15) is 19.3 Å². The van der Waals surface area contributed by atoms with Gasteiger partial charge in [-0.3, -0.25) is 19.7 Å². The second kappa shape index (κ2) is 4.71. The van der Waals surface area contributed by atoms with Crippen molar-refractivity contribution in [3.05, 3.63) is 0 Å². The first-order valence-electron chi connectivity index (χ1n) is 4.38. The fourth-order valence-corrected chi connectivity index (χ4v) is 1.23. The molecule has 0 aromatic heterocycles. The summed E-state index contributed by atoms with van der Waals surface area (Å²) < 4.78 is 0. The summed E-state index contributed by atoms with van der Waals surface area (Å²) in [5.74, 6) is -1.48. The molecule has 1 unspecified atom stereocenters. The zero-order valence-corrected chi connectivity index (χ0v) is 7.58. The molecule has 1 aliphatic heterocycles. The maximum atomic E-state index is 11.0. The van der Waals surface area contributed by atoms with Crippen LogP contribution in [-0.4, -0.2) is 35.5 Å². The Kier molecular flexibility index (Phi) is 3.58.